The summed E-state index contributed by atoms with van der Waals surface area (Å²) in [5.41, 5.74) is 0. The standard InChI is InChI=1S/C16H34O.K/c1-2-3-4-5-6-7-8-9-10-11-12-13-14-15-16-17;/h17H,2-16H2,1H3;. The normalized spacial score (nSPS) is 10.3. The fourth-order valence-corrected chi connectivity index (χ4v) is 2.31. The second-order valence-corrected chi connectivity index (χ2v) is 5.32. The predicted octanol–water partition coefficient (Wildman–Crippen LogP) is 5.08. The van der Waals surface area contributed by atoms with Crippen LogP contribution in [0.2, 0.25) is 0 Å². The van der Waals surface area contributed by atoms with Crippen molar-refractivity contribution >= 4 is 51.4 Å². The first-order chi connectivity index (χ1) is 8.41. The minimum absolute atomic E-state index is 0. The monoisotopic (exact) mass is 281 g/mol. The Bertz CT molecular complexity index is 114. The van der Waals surface area contributed by atoms with Gasteiger partial charge < -0.3 is 5.11 Å². The van der Waals surface area contributed by atoms with E-state index in [1.807, 2.05) is 0 Å². The van der Waals surface area contributed by atoms with Crippen molar-refractivity contribution in [1.82, 2.24) is 0 Å². The van der Waals surface area contributed by atoms with Crippen LogP contribution < -0.4 is 0 Å². The van der Waals surface area contributed by atoms with Crippen molar-refractivity contribution in [1.29, 1.82) is 0 Å². The predicted molar refractivity (Wildman–Crippen MR) is 83.2 cm³/mol. The minimum Gasteiger partial charge on any atom is -0.396 e. The molecule has 0 saturated heterocycles. The second kappa shape index (κ2) is 20.9. The Labute approximate surface area is 158 Å². The zero-order valence-corrected chi connectivity index (χ0v) is 16.2. The Kier molecular flexibility index (Phi) is 25.4. The molecule has 0 amide bonds. The van der Waals surface area contributed by atoms with Crippen LogP contribution in [0.1, 0.15) is 96.8 Å². The molecule has 1 N–H and O–H groups in total. The van der Waals surface area contributed by atoms with E-state index in [1.165, 1.54) is 83.5 Å². The van der Waals surface area contributed by atoms with Crippen LogP contribution in [0.15, 0.2) is 0 Å². The summed E-state index contributed by atoms with van der Waals surface area (Å²) in [6.45, 7) is 2.65. The van der Waals surface area contributed by atoms with Crippen LogP contribution in [-0.2, 0) is 0 Å². The molecule has 0 bridgehead atoms. The van der Waals surface area contributed by atoms with Crippen LogP contribution in [0.4, 0.5) is 0 Å². The molecule has 105 valence electrons. The number of aliphatic hydroxyl groups is 1. The van der Waals surface area contributed by atoms with E-state index in [0.29, 0.717) is 6.61 Å². The minimum atomic E-state index is 0. The first kappa shape index (κ1) is 21.9. The van der Waals surface area contributed by atoms with Crippen molar-refractivity contribution in [2.45, 2.75) is 96.8 Å². The molecule has 0 atom stereocenters. The number of unbranched alkanes of at least 4 members (excludes halogenated alkanes) is 13. The molecule has 0 aliphatic heterocycles. The maximum Gasteiger partial charge on any atom is 0.0431 e. The summed E-state index contributed by atoms with van der Waals surface area (Å²) in [4.78, 5) is 0. The van der Waals surface area contributed by atoms with Crippen LogP contribution in [0.25, 0.3) is 0 Å². The molecule has 0 aromatic heterocycles. The molecule has 0 unspecified atom stereocenters. The smallest absolute Gasteiger partial charge is 0.0431 e. The Morgan fingerprint density at radius 2 is 0.778 bits per heavy atom. The van der Waals surface area contributed by atoms with E-state index < -0.39 is 0 Å². The molecule has 0 heterocycles. The third-order valence-corrected chi connectivity index (χ3v) is 3.51. The molecule has 0 aromatic carbocycles. The molecule has 0 rings (SSSR count). The van der Waals surface area contributed by atoms with E-state index in [-0.39, 0.29) is 51.4 Å². The van der Waals surface area contributed by atoms with Gasteiger partial charge in [0.05, 0.1) is 0 Å². The third kappa shape index (κ3) is 19.9. The molecule has 0 aromatic rings. The summed E-state index contributed by atoms with van der Waals surface area (Å²) in [6.07, 6.45) is 19.2. The van der Waals surface area contributed by atoms with Gasteiger partial charge in [-0.3, -0.25) is 0 Å². The van der Waals surface area contributed by atoms with E-state index in [0.717, 1.165) is 6.42 Å². The Morgan fingerprint density at radius 3 is 1.06 bits per heavy atom. The fraction of sp³-hybridized carbons (Fsp3) is 1.00. The number of aliphatic hydroxyl groups excluding tert-OH is 1. The summed E-state index contributed by atoms with van der Waals surface area (Å²) in [6, 6.07) is 0. The number of rotatable bonds is 14. The molecule has 2 heteroatoms. The average Bonchev–Trinajstić information content (AvgIpc) is 2.35. The van der Waals surface area contributed by atoms with Gasteiger partial charge in [-0.25, -0.2) is 0 Å². The summed E-state index contributed by atoms with van der Waals surface area (Å²) in [5.74, 6) is 0. The average molecular weight is 282 g/mol. The van der Waals surface area contributed by atoms with E-state index in [4.69, 9.17) is 5.11 Å². The summed E-state index contributed by atoms with van der Waals surface area (Å²) in [7, 11) is 0. The molecule has 0 saturated carbocycles. The van der Waals surface area contributed by atoms with Gasteiger partial charge in [0.2, 0.25) is 0 Å². The molecule has 0 aliphatic carbocycles. The Balaban J connectivity index is 0. The maximum atomic E-state index is 8.64. The summed E-state index contributed by atoms with van der Waals surface area (Å²) >= 11 is 0. The largest absolute Gasteiger partial charge is 0.396 e. The molecular formula is C16H34KO. The van der Waals surface area contributed by atoms with Crippen LogP contribution in [-0.4, -0.2) is 63.1 Å². The first-order valence-electron chi connectivity index (χ1n) is 8.02. The van der Waals surface area contributed by atoms with Crippen molar-refractivity contribution in [2.24, 2.45) is 0 Å². The first-order valence-corrected chi connectivity index (χ1v) is 8.02. The summed E-state index contributed by atoms with van der Waals surface area (Å²) < 4.78 is 0. The van der Waals surface area contributed by atoms with Gasteiger partial charge in [0.15, 0.2) is 0 Å². The maximum absolute atomic E-state index is 8.64. The fourth-order valence-electron chi connectivity index (χ4n) is 2.31. The van der Waals surface area contributed by atoms with Crippen molar-refractivity contribution in [3.05, 3.63) is 0 Å². The van der Waals surface area contributed by atoms with Crippen molar-refractivity contribution in [3.8, 4) is 0 Å². The van der Waals surface area contributed by atoms with Gasteiger partial charge in [-0.2, -0.15) is 0 Å². The van der Waals surface area contributed by atoms with E-state index in [2.05, 4.69) is 6.92 Å². The van der Waals surface area contributed by atoms with Gasteiger partial charge in [0.25, 0.3) is 0 Å². The molecule has 0 fully saturated rings. The van der Waals surface area contributed by atoms with Gasteiger partial charge in [0, 0.05) is 58.0 Å². The van der Waals surface area contributed by atoms with Gasteiger partial charge in [0.1, 0.15) is 0 Å². The molecule has 1 nitrogen and oxygen atoms in total. The molecule has 0 spiro atoms. The van der Waals surface area contributed by atoms with E-state index in [1.54, 1.807) is 0 Å². The van der Waals surface area contributed by atoms with Gasteiger partial charge in [-0.05, 0) is 6.42 Å². The zero-order chi connectivity index (χ0) is 12.6. The van der Waals surface area contributed by atoms with Crippen LogP contribution in [0.5, 0.6) is 0 Å². The van der Waals surface area contributed by atoms with E-state index >= 15 is 0 Å². The van der Waals surface area contributed by atoms with Gasteiger partial charge in [-0.1, -0.05) is 90.4 Å². The van der Waals surface area contributed by atoms with Crippen molar-refractivity contribution in [2.75, 3.05) is 6.61 Å². The van der Waals surface area contributed by atoms with E-state index in [9.17, 15) is 0 Å². The van der Waals surface area contributed by atoms with Crippen LogP contribution >= 0.6 is 0 Å². The molecule has 0 aliphatic rings. The Morgan fingerprint density at radius 1 is 0.500 bits per heavy atom. The SMILES string of the molecule is CCCCCCCCCCCCCCCCO.[K]. The third-order valence-electron chi connectivity index (χ3n) is 3.51. The van der Waals surface area contributed by atoms with Crippen LogP contribution in [0.3, 0.4) is 0 Å². The molecule has 18 heavy (non-hydrogen) atoms. The number of hydrogen-bond acceptors (Lipinski definition) is 1. The molecule has 1 radical (unpaired) electrons. The topological polar surface area (TPSA) is 20.2 Å². The second-order valence-electron chi connectivity index (χ2n) is 5.32. The van der Waals surface area contributed by atoms with Crippen LogP contribution in [0, 0.1) is 0 Å². The number of hydrogen-bond donors (Lipinski definition) is 1. The summed E-state index contributed by atoms with van der Waals surface area (Å²) in [5, 5.41) is 8.64. The van der Waals surface area contributed by atoms with Crippen molar-refractivity contribution < 1.29 is 5.11 Å². The molecular weight excluding hydrogens is 247 g/mol. The quantitative estimate of drug-likeness (QED) is 0.348. The van der Waals surface area contributed by atoms with Crippen molar-refractivity contribution in [3.63, 3.8) is 0 Å². The van der Waals surface area contributed by atoms with Gasteiger partial charge in [-0.15, -0.1) is 0 Å². The zero-order valence-electron chi connectivity index (χ0n) is 13.1. The van der Waals surface area contributed by atoms with Gasteiger partial charge >= 0.3 is 0 Å². The Hall–Kier alpha value is 1.60.